The van der Waals surface area contributed by atoms with E-state index in [-0.39, 0.29) is 0 Å². The fourth-order valence-electron chi connectivity index (χ4n) is 1.82. The Morgan fingerprint density at radius 1 is 1.50 bits per heavy atom. The van der Waals surface area contributed by atoms with Gasteiger partial charge in [0.2, 0.25) is 0 Å². The van der Waals surface area contributed by atoms with E-state index in [1.54, 1.807) is 7.11 Å². The number of ether oxygens (including phenoxy) is 1. The van der Waals surface area contributed by atoms with Gasteiger partial charge in [0, 0.05) is 24.0 Å². The number of rotatable bonds is 4. The number of hydrogen-bond donors (Lipinski definition) is 0. The number of methoxy groups -OCH3 is 1. The number of aromatic nitrogens is 2. The van der Waals surface area contributed by atoms with Crippen LogP contribution in [-0.2, 0) is 11.8 Å². The lowest BCUT2D eigenvalue weighted by atomic mass is 10.3. The molecule has 2 rings (SSSR count). The molecule has 0 spiro atoms. The average molecular weight is 283 g/mol. The number of aryl methyl sites for hydroxylation is 1. The fraction of sp³-hybridized carbons (Fsp3) is 0.417. The van der Waals surface area contributed by atoms with Gasteiger partial charge in [-0.2, -0.15) is 0 Å². The summed E-state index contributed by atoms with van der Waals surface area (Å²) in [5, 5.41) is 0.771. The van der Waals surface area contributed by atoms with Gasteiger partial charge in [-0.25, -0.2) is 4.98 Å². The van der Waals surface area contributed by atoms with Gasteiger partial charge in [0.15, 0.2) is 0 Å². The van der Waals surface area contributed by atoms with Crippen LogP contribution in [0.4, 0.5) is 0 Å². The lowest BCUT2D eigenvalue weighted by molar-refractivity contribution is 0.414. The van der Waals surface area contributed by atoms with Crippen LogP contribution in [0.15, 0.2) is 18.3 Å². The first-order valence-electron chi connectivity index (χ1n) is 5.40. The van der Waals surface area contributed by atoms with Crippen LogP contribution < -0.4 is 4.74 Å². The number of fused-ring (bicyclic) bond motifs is 1. The maximum Gasteiger partial charge on any atom is 0.122 e. The minimum Gasteiger partial charge on any atom is -0.497 e. The van der Waals surface area contributed by atoms with Crippen molar-refractivity contribution in [3.05, 3.63) is 29.8 Å². The Morgan fingerprint density at radius 2 is 2.31 bits per heavy atom. The summed E-state index contributed by atoms with van der Waals surface area (Å²) in [4.78, 5) is 4.63. The van der Waals surface area contributed by atoms with E-state index in [0.717, 1.165) is 41.0 Å². The van der Waals surface area contributed by atoms with Crippen molar-refractivity contribution in [3.8, 4) is 5.75 Å². The van der Waals surface area contributed by atoms with Crippen molar-refractivity contribution in [2.24, 2.45) is 0 Å². The molecule has 3 nitrogen and oxygen atoms in total. The monoisotopic (exact) mass is 282 g/mol. The number of alkyl halides is 1. The molecule has 2 heterocycles. The van der Waals surface area contributed by atoms with Crippen molar-refractivity contribution in [1.29, 1.82) is 0 Å². The summed E-state index contributed by atoms with van der Waals surface area (Å²) in [6.07, 6.45) is 4.13. The summed E-state index contributed by atoms with van der Waals surface area (Å²) >= 11 is 3.47. The smallest absolute Gasteiger partial charge is 0.122 e. The second kappa shape index (κ2) is 4.87. The van der Waals surface area contributed by atoms with E-state index >= 15 is 0 Å². The lowest BCUT2D eigenvalue weighted by Gasteiger charge is -2.02. The van der Waals surface area contributed by atoms with Crippen molar-refractivity contribution in [3.63, 3.8) is 0 Å². The van der Waals surface area contributed by atoms with Crippen LogP contribution in [0.5, 0.6) is 5.75 Å². The topological polar surface area (TPSA) is 26.5 Å². The summed E-state index contributed by atoms with van der Waals surface area (Å²) < 4.78 is 7.38. The lowest BCUT2D eigenvalue weighted by Crippen LogP contribution is -1.94. The Morgan fingerprint density at radius 3 is 2.94 bits per heavy atom. The Balaban J connectivity index is 2.59. The van der Waals surface area contributed by atoms with Crippen molar-refractivity contribution in [2.75, 3.05) is 7.11 Å². The van der Waals surface area contributed by atoms with Crippen LogP contribution in [0.2, 0.25) is 0 Å². The quantitative estimate of drug-likeness (QED) is 0.806. The molecule has 86 valence electrons. The zero-order valence-corrected chi connectivity index (χ0v) is 11.1. The summed E-state index contributed by atoms with van der Waals surface area (Å²) in [6, 6.07) is 3.99. The number of imidazole rings is 1. The van der Waals surface area contributed by atoms with Gasteiger partial charge < -0.3 is 9.14 Å². The van der Waals surface area contributed by atoms with E-state index < -0.39 is 0 Å². The highest BCUT2D eigenvalue weighted by Crippen LogP contribution is 2.21. The van der Waals surface area contributed by atoms with Crippen LogP contribution in [0.25, 0.3) is 5.52 Å². The first-order valence-corrected chi connectivity index (χ1v) is 6.52. The van der Waals surface area contributed by atoms with E-state index in [9.17, 15) is 0 Å². The first-order chi connectivity index (χ1) is 7.80. The molecule has 0 atom stereocenters. The molecule has 0 aliphatic heterocycles. The fourth-order valence-corrected chi connectivity index (χ4v) is 2.23. The number of halogens is 1. The largest absolute Gasteiger partial charge is 0.497 e. The maximum absolute atomic E-state index is 5.23. The summed E-state index contributed by atoms with van der Waals surface area (Å²) in [6.45, 7) is 2.17. The molecular weight excluding hydrogens is 268 g/mol. The maximum atomic E-state index is 5.23. The molecule has 16 heavy (non-hydrogen) atoms. The first kappa shape index (κ1) is 11.5. The second-order valence-electron chi connectivity index (χ2n) is 3.68. The van der Waals surface area contributed by atoms with E-state index in [1.165, 1.54) is 0 Å². The molecule has 0 aliphatic carbocycles. The summed E-state index contributed by atoms with van der Waals surface area (Å²) in [7, 11) is 1.68. The van der Waals surface area contributed by atoms with Crippen molar-refractivity contribution < 1.29 is 4.74 Å². The molecule has 0 N–H and O–H groups in total. The number of hydrogen-bond acceptors (Lipinski definition) is 2. The molecule has 2 aromatic heterocycles. The third kappa shape index (κ3) is 1.94. The van der Waals surface area contributed by atoms with Crippen molar-refractivity contribution >= 4 is 21.4 Å². The molecule has 0 amide bonds. The molecule has 0 saturated carbocycles. The van der Waals surface area contributed by atoms with Crippen LogP contribution in [0, 0.1) is 0 Å². The minimum absolute atomic E-state index is 0.771. The van der Waals surface area contributed by atoms with Gasteiger partial charge in [0.25, 0.3) is 0 Å². The van der Waals surface area contributed by atoms with Gasteiger partial charge in [-0.05, 0) is 12.5 Å². The molecule has 0 radical (unpaired) electrons. The van der Waals surface area contributed by atoms with Gasteiger partial charge in [-0.3, -0.25) is 0 Å². The Bertz CT molecular complexity index is 493. The zero-order chi connectivity index (χ0) is 11.5. The predicted molar refractivity (Wildman–Crippen MR) is 68.4 cm³/mol. The molecule has 0 aliphatic rings. The Labute approximate surface area is 104 Å². The van der Waals surface area contributed by atoms with E-state index in [1.807, 2.05) is 18.3 Å². The van der Waals surface area contributed by atoms with Gasteiger partial charge >= 0.3 is 0 Å². The van der Waals surface area contributed by atoms with Gasteiger partial charge in [0.1, 0.15) is 11.6 Å². The Hall–Kier alpha value is -1.03. The molecule has 2 aromatic rings. The molecule has 0 aromatic carbocycles. The molecule has 0 saturated heterocycles. The second-order valence-corrected chi connectivity index (χ2v) is 4.24. The van der Waals surface area contributed by atoms with Gasteiger partial charge in [-0.15, -0.1) is 0 Å². The predicted octanol–water partition coefficient (Wildman–Crippen LogP) is 3.19. The highest BCUT2D eigenvalue weighted by atomic mass is 79.9. The summed E-state index contributed by atoms with van der Waals surface area (Å²) in [5.41, 5.74) is 2.20. The summed E-state index contributed by atoms with van der Waals surface area (Å²) in [5.74, 6) is 1.99. The van der Waals surface area contributed by atoms with Crippen LogP contribution in [0.1, 0.15) is 24.9 Å². The van der Waals surface area contributed by atoms with E-state index in [2.05, 4.69) is 32.2 Å². The van der Waals surface area contributed by atoms with E-state index in [4.69, 9.17) is 4.74 Å². The Kier molecular flexibility index (Phi) is 3.49. The van der Waals surface area contributed by atoms with Crippen LogP contribution >= 0.6 is 15.9 Å². The molecule has 0 fully saturated rings. The standard InChI is InChI=1S/C12H15BrN2O/c1-3-4-12-14-10(8-13)11-7-9(16-2)5-6-15(11)12/h5-7H,3-4,8H2,1-2H3. The SMILES string of the molecule is CCCc1nc(CBr)c2cc(OC)ccn12. The average Bonchev–Trinajstić information content (AvgIpc) is 2.67. The van der Waals surface area contributed by atoms with Crippen molar-refractivity contribution in [1.82, 2.24) is 9.38 Å². The van der Waals surface area contributed by atoms with Crippen LogP contribution in [0.3, 0.4) is 0 Å². The molecular formula is C12H15BrN2O. The third-order valence-corrected chi connectivity index (χ3v) is 3.13. The molecule has 0 bridgehead atoms. The van der Waals surface area contributed by atoms with Gasteiger partial charge in [-0.1, -0.05) is 22.9 Å². The highest BCUT2D eigenvalue weighted by Gasteiger charge is 2.09. The highest BCUT2D eigenvalue weighted by molar-refractivity contribution is 9.08. The number of pyridine rings is 1. The molecule has 4 heteroatoms. The zero-order valence-electron chi connectivity index (χ0n) is 9.53. The normalized spacial score (nSPS) is 10.9. The van der Waals surface area contributed by atoms with Crippen molar-refractivity contribution in [2.45, 2.75) is 25.1 Å². The third-order valence-electron chi connectivity index (χ3n) is 2.60. The van der Waals surface area contributed by atoms with E-state index in [0.29, 0.717) is 0 Å². The number of nitrogens with zero attached hydrogens (tertiary/aromatic N) is 2. The van der Waals surface area contributed by atoms with Gasteiger partial charge in [0.05, 0.1) is 18.3 Å². The van der Waals surface area contributed by atoms with Crippen LogP contribution in [-0.4, -0.2) is 16.5 Å². The minimum atomic E-state index is 0.771. The molecule has 0 unspecified atom stereocenters.